The molecule has 0 saturated heterocycles. The summed E-state index contributed by atoms with van der Waals surface area (Å²) in [5, 5.41) is 0. The third-order valence-corrected chi connectivity index (χ3v) is 9.39. The molecule has 24 heavy (non-hydrogen) atoms. The molecule has 0 heterocycles. The summed E-state index contributed by atoms with van der Waals surface area (Å²) in [5.41, 5.74) is 0. The van der Waals surface area contributed by atoms with Crippen LogP contribution < -0.4 is 0 Å². The van der Waals surface area contributed by atoms with Crippen molar-refractivity contribution in [3.05, 3.63) is 0 Å². The molecule has 0 bridgehead atoms. The number of halogens is 4. The van der Waals surface area contributed by atoms with Crippen LogP contribution in [-0.4, -0.2) is 44.8 Å². The summed E-state index contributed by atoms with van der Waals surface area (Å²) in [7, 11) is -3.67. The second-order valence-corrected chi connectivity index (χ2v) is 11.6. The molecule has 0 spiro atoms. The summed E-state index contributed by atoms with van der Waals surface area (Å²) in [4.78, 5) is 11.9. The van der Waals surface area contributed by atoms with E-state index >= 15 is 4.20 Å². The normalized spacial score (nSPS) is 12.6. The van der Waals surface area contributed by atoms with Crippen LogP contribution in [0.25, 0.3) is 0 Å². The Hall–Kier alpha value is -0.315. The molecule has 0 radical (unpaired) electrons. The zero-order chi connectivity index (χ0) is 19.1. The first kappa shape index (κ1) is 25.9. The Bertz CT molecular complexity index is 306. The average molecular weight is 376 g/mol. The SMILES string of the molecule is CCCCP(F)(CCCC)(CCCC)CC(=O)OCC.FB(F)F. The van der Waals surface area contributed by atoms with E-state index in [1.165, 1.54) is 0 Å². The fourth-order valence-electron chi connectivity index (χ4n) is 2.76. The Labute approximate surface area is 145 Å². The van der Waals surface area contributed by atoms with E-state index in [1.807, 2.05) is 0 Å². The number of hydrogen-bond donors (Lipinski definition) is 0. The van der Waals surface area contributed by atoms with E-state index in [2.05, 4.69) is 20.8 Å². The number of ether oxygens (including phenoxy) is 1. The first-order chi connectivity index (χ1) is 11.2. The molecule has 0 rings (SSSR count). The summed E-state index contributed by atoms with van der Waals surface area (Å²) >= 11 is 0. The van der Waals surface area contributed by atoms with Crippen molar-refractivity contribution in [3.8, 4) is 0 Å². The van der Waals surface area contributed by atoms with Crippen molar-refractivity contribution in [2.24, 2.45) is 0 Å². The molecule has 0 fully saturated rings. The Morgan fingerprint density at radius 1 is 0.875 bits per heavy atom. The Kier molecular flexibility index (Phi) is 15.0. The third-order valence-electron chi connectivity index (χ3n) is 4.04. The van der Waals surface area contributed by atoms with Crippen molar-refractivity contribution < 1.29 is 26.7 Å². The zero-order valence-electron chi connectivity index (χ0n) is 15.6. The van der Waals surface area contributed by atoms with Crippen molar-refractivity contribution in [3.63, 3.8) is 0 Å². The van der Waals surface area contributed by atoms with Crippen LogP contribution in [0.1, 0.15) is 66.2 Å². The second kappa shape index (κ2) is 13.9. The van der Waals surface area contributed by atoms with E-state index in [9.17, 15) is 17.7 Å². The minimum atomic E-state index is -3.67. The molecule has 0 aromatic heterocycles. The standard InChI is InChI=1S/C16H34FO2P.BF3/c1-5-9-12-20(17,13-10-6-2,14-11-7-3)15-16(18)19-8-4;2-1(3)4/h5-15H2,1-4H3;. The summed E-state index contributed by atoms with van der Waals surface area (Å²) in [5.74, 6) is -0.323. The molecule has 2 nitrogen and oxygen atoms in total. The van der Waals surface area contributed by atoms with Gasteiger partial charge in [-0.3, -0.25) is 12.9 Å². The Morgan fingerprint density at radius 3 is 1.46 bits per heavy atom. The number of carbonyl (C=O) groups excluding carboxylic acids is 1. The number of carbonyl (C=O) groups is 1. The summed E-state index contributed by atoms with van der Waals surface area (Å²) < 4.78 is 50.2. The largest absolute Gasteiger partial charge is 0.762 e. The van der Waals surface area contributed by atoms with Crippen molar-refractivity contribution in [1.29, 1.82) is 0 Å². The van der Waals surface area contributed by atoms with E-state index in [0.29, 0.717) is 25.1 Å². The first-order valence-electron chi connectivity index (χ1n) is 8.97. The molecular formula is C16H34BF4O2P. The van der Waals surface area contributed by atoms with Gasteiger partial charge in [0, 0.05) is 0 Å². The van der Waals surface area contributed by atoms with Gasteiger partial charge in [0.2, 0.25) is 0 Å². The fraction of sp³-hybridized carbons (Fsp3) is 0.938. The van der Waals surface area contributed by atoms with Gasteiger partial charge in [-0.15, -0.1) is 0 Å². The predicted octanol–water partition coefficient (Wildman–Crippen LogP) is 6.27. The van der Waals surface area contributed by atoms with Crippen LogP contribution in [0.15, 0.2) is 0 Å². The maximum Gasteiger partial charge on any atom is 0.762 e. The monoisotopic (exact) mass is 376 g/mol. The van der Waals surface area contributed by atoms with Crippen LogP contribution in [-0.2, 0) is 9.53 Å². The molecule has 0 aliphatic heterocycles. The molecule has 0 unspecified atom stereocenters. The predicted molar refractivity (Wildman–Crippen MR) is 97.9 cm³/mol. The van der Waals surface area contributed by atoms with Crippen LogP contribution in [0.3, 0.4) is 0 Å². The molecule has 0 aliphatic rings. The van der Waals surface area contributed by atoms with Crippen LogP contribution in [0.4, 0.5) is 17.1 Å². The van der Waals surface area contributed by atoms with Crippen molar-refractivity contribution in [2.45, 2.75) is 66.2 Å². The average Bonchev–Trinajstić information content (AvgIpc) is 2.49. The maximum atomic E-state index is 16.1. The van der Waals surface area contributed by atoms with Gasteiger partial charge in [-0.05, 0) is 0 Å². The summed E-state index contributed by atoms with van der Waals surface area (Å²) in [6, 6.07) is 0. The minimum Gasteiger partial charge on any atom is -0.254 e. The van der Waals surface area contributed by atoms with E-state index < -0.39 is 14.5 Å². The number of hydrogen-bond acceptors (Lipinski definition) is 2. The first-order valence-corrected chi connectivity index (χ1v) is 11.8. The number of rotatable bonds is 12. The number of unbranched alkanes of at least 4 members (excludes halogenated alkanes) is 3. The van der Waals surface area contributed by atoms with Gasteiger partial charge in [0.15, 0.2) is 0 Å². The molecule has 0 N–H and O–H groups in total. The quantitative estimate of drug-likeness (QED) is 0.174. The van der Waals surface area contributed by atoms with Crippen LogP contribution >= 0.6 is 6.91 Å². The van der Waals surface area contributed by atoms with Gasteiger partial charge < -0.3 is 0 Å². The summed E-state index contributed by atoms with van der Waals surface area (Å²) in [6.45, 7) is 4.98. The van der Waals surface area contributed by atoms with Gasteiger partial charge in [-0.1, -0.05) is 0 Å². The van der Waals surface area contributed by atoms with Crippen molar-refractivity contribution in [1.82, 2.24) is 0 Å². The van der Waals surface area contributed by atoms with E-state index in [1.54, 1.807) is 6.92 Å². The van der Waals surface area contributed by atoms with Gasteiger partial charge >= 0.3 is 132 Å². The number of esters is 1. The molecule has 0 aromatic rings. The molecule has 0 atom stereocenters. The van der Waals surface area contributed by atoms with Crippen molar-refractivity contribution in [2.75, 3.05) is 31.3 Å². The maximum absolute atomic E-state index is 16.1. The van der Waals surface area contributed by atoms with Gasteiger partial charge in [0.25, 0.3) is 0 Å². The van der Waals surface area contributed by atoms with Gasteiger partial charge in [0.05, 0.1) is 0 Å². The molecule has 0 aromatic carbocycles. The molecule has 0 aliphatic carbocycles. The second-order valence-electron chi connectivity index (χ2n) is 6.26. The van der Waals surface area contributed by atoms with E-state index in [0.717, 1.165) is 38.5 Å². The molecule has 8 heteroatoms. The van der Waals surface area contributed by atoms with Crippen molar-refractivity contribution >= 4 is 20.4 Å². The Balaban J connectivity index is 0. The molecule has 0 saturated carbocycles. The van der Waals surface area contributed by atoms with Gasteiger partial charge in [-0.2, -0.15) is 0 Å². The van der Waals surface area contributed by atoms with Crippen LogP contribution in [0.2, 0.25) is 0 Å². The molecule has 0 amide bonds. The van der Waals surface area contributed by atoms with Gasteiger partial charge in [0.1, 0.15) is 0 Å². The molecule has 146 valence electrons. The summed E-state index contributed by atoms with van der Waals surface area (Å²) in [6.07, 6.45) is 7.53. The smallest absolute Gasteiger partial charge is 0.254 e. The fourth-order valence-corrected chi connectivity index (χ4v) is 7.96. The van der Waals surface area contributed by atoms with E-state index in [-0.39, 0.29) is 12.1 Å². The minimum absolute atomic E-state index is 0.0550. The Morgan fingerprint density at radius 2 is 1.21 bits per heavy atom. The van der Waals surface area contributed by atoms with Gasteiger partial charge in [-0.25, -0.2) is 0 Å². The zero-order valence-corrected chi connectivity index (χ0v) is 16.5. The van der Waals surface area contributed by atoms with E-state index in [4.69, 9.17) is 4.74 Å². The molecular weight excluding hydrogens is 342 g/mol. The van der Waals surface area contributed by atoms with Crippen LogP contribution in [0, 0.1) is 0 Å². The van der Waals surface area contributed by atoms with Crippen LogP contribution in [0.5, 0.6) is 0 Å². The third kappa shape index (κ3) is 13.0. The topological polar surface area (TPSA) is 26.3 Å².